The van der Waals surface area contributed by atoms with Gasteiger partial charge in [-0.3, -0.25) is 9.59 Å². The minimum absolute atomic E-state index is 0.00994. The van der Waals surface area contributed by atoms with E-state index in [1.807, 2.05) is 0 Å². The van der Waals surface area contributed by atoms with Crippen LogP contribution < -0.4 is 5.32 Å². The fourth-order valence-corrected chi connectivity index (χ4v) is 10.1. The molecule has 0 aliphatic heterocycles. The number of hydrogen-bond acceptors (Lipinski definition) is 5. The second-order valence-electron chi connectivity index (χ2n) is 22.1. The normalized spacial score (nSPS) is 12.7. The van der Waals surface area contributed by atoms with Crippen LogP contribution in [0, 0.1) is 0 Å². The van der Waals surface area contributed by atoms with Gasteiger partial charge in [-0.1, -0.05) is 301 Å². The third-order valence-corrected chi connectivity index (χ3v) is 15.0. The molecule has 0 aromatic rings. The number of amides is 1. The summed E-state index contributed by atoms with van der Waals surface area (Å²) in [5.74, 6) is -0.0581. The maximum absolute atomic E-state index is 12.5. The van der Waals surface area contributed by atoms with E-state index in [9.17, 15) is 19.8 Å². The molecule has 0 aromatic carbocycles. The van der Waals surface area contributed by atoms with Gasteiger partial charge in [-0.2, -0.15) is 0 Å². The summed E-state index contributed by atoms with van der Waals surface area (Å²) in [6.45, 7) is 4.94. The van der Waals surface area contributed by atoms with Crippen molar-refractivity contribution in [3.05, 3.63) is 24.3 Å². The van der Waals surface area contributed by atoms with E-state index in [0.717, 1.165) is 83.5 Å². The van der Waals surface area contributed by atoms with Crippen molar-refractivity contribution < 1.29 is 24.5 Å². The zero-order chi connectivity index (χ0) is 51.4. The van der Waals surface area contributed by atoms with Gasteiger partial charge in [-0.05, 0) is 64.2 Å². The quantitative estimate of drug-likeness (QED) is 0.0320. The Morgan fingerprint density at radius 1 is 0.394 bits per heavy atom. The van der Waals surface area contributed by atoms with Gasteiger partial charge < -0.3 is 20.3 Å². The Morgan fingerprint density at radius 2 is 0.704 bits per heavy atom. The van der Waals surface area contributed by atoms with Gasteiger partial charge in [0.1, 0.15) is 0 Å². The van der Waals surface area contributed by atoms with Crippen molar-refractivity contribution in [2.45, 2.75) is 366 Å². The first-order valence-electron chi connectivity index (χ1n) is 32.1. The summed E-state index contributed by atoms with van der Waals surface area (Å²) in [5.41, 5.74) is 0. The Morgan fingerprint density at radius 3 is 1.07 bits per heavy atom. The van der Waals surface area contributed by atoms with Crippen LogP contribution in [0.15, 0.2) is 24.3 Å². The van der Waals surface area contributed by atoms with E-state index in [4.69, 9.17) is 4.74 Å². The van der Waals surface area contributed by atoms with Crippen LogP contribution in [0.3, 0.4) is 0 Å². The van der Waals surface area contributed by atoms with Crippen LogP contribution in [0.25, 0.3) is 0 Å². The smallest absolute Gasteiger partial charge is 0.305 e. The van der Waals surface area contributed by atoms with Gasteiger partial charge in [0.05, 0.1) is 25.4 Å². The van der Waals surface area contributed by atoms with Gasteiger partial charge in [0, 0.05) is 12.8 Å². The predicted octanol–water partition coefficient (Wildman–Crippen LogP) is 20.2. The molecule has 71 heavy (non-hydrogen) atoms. The molecular formula is C65H125NO5. The molecule has 6 heteroatoms. The molecule has 0 fully saturated rings. The fraction of sp³-hybridized carbons (Fsp3) is 0.908. The van der Waals surface area contributed by atoms with Crippen molar-refractivity contribution in [3.8, 4) is 0 Å². The fourth-order valence-electron chi connectivity index (χ4n) is 10.1. The molecule has 0 rings (SSSR count). The molecule has 0 aromatic heterocycles. The van der Waals surface area contributed by atoms with Crippen LogP contribution in [0.2, 0.25) is 0 Å². The SMILES string of the molecule is CCCCCCCCCCCCCCCCCCCCCC(=O)OCCCCC/C=C\C/C=C\CCCCCCCCCC(=O)NC(CO)C(O)CCCCCCCCCCCCCCCCCCCC. The molecule has 2 unspecified atom stereocenters. The predicted molar refractivity (Wildman–Crippen MR) is 310 cm³/mol. The molecule has 1 amide bonds. The number of carbonyl (C=O) groups is 2. The summed E-state index contributed by atoms with van der Waals surface area (Å²) in [7, 11) is 0. The largest absolute Gasteiger partial charge is 0.466 e. The minimum atomic E-state index is -0.675. The maximum atomic E-state index is 12.5. The topological polar surface area (TPSA) is 95.9 Å². The van der Waals surface area contributed by atoms with Crippen LogP contribution in [0.1, 0.15) is 354 Å². The van der Waals surface area contributed by atoms with Crippen LogP contribution >= 0.6 is 0 Å². The van der Waals surface area contributed by atoms with E-state index in [-0.39, 0.29) is 18.5 Å². The molecule has 3 N–H and O–H groups in total. The van der Waals surface area contributed by atoms with Crippen molar-refractivity contribution in [2.24, 2.45) is 0 Å². The molecule has 0 aliphatic rings. The van der Waals surface area contributed by atoms with Crippen molar-refractivity contribution in [3.63, 3.8) is 0 Å². The molecule has 6 nitrogen and oxygen atoms in total. The van der Waals surface area contributed by atoms with E-state index in [1.54, 1.807) is 0 Å². The number of hydrogen-bond donors (Lipinski definition) is 3. The van der Waals surface area contributed by atoms with Gasteiger partial charge in [0.25, 0.3) is 0 Å². The number of esters is 1. The van der Waals surface area contributed by atoms with Crippen LogP contribution in [-0.4, -0.2) is 47.4 Å². The summed E-state index contributed by atoms with van der Waals surface area (Å²) < 4.78 is 5.48. The summed E-state index contributed by atoms with van der Waals surface area (Å²) in [6.07, 6.45) is 74.8. The van der Waals surface area contributed by atoms with Gasteiger partial charge in [-0.15, -0.1) is 0 Å². The van der Waals surface area contributed by atoms with Crippen LogP contribution in [0.5, 0.6) is 0 Å². The maximum Gasteiger partial charge on any atom is 0.305 e. The summed E-state index contributed by atoms with van der Waals surface area (Å²) >= 11 is 0. The lowest BCUT2D eigenvalue weighted by Crippen LogP contribution is -2.45. The number of carbonyl (C=O) groups excluding carboxylic acids is 2. The molecule has 0 heterocycles. The molecule has 0 spiro atoms. The molecule has 0 bridgehead atoms. The second-order valence-corrected chi connectivity index (χ2v) is 22.1. The zero-order valence-electron chi connectivity index (χ0n) is 48.0. The Bertz CT molecular complexity index is 1110. The number of ether oxygens (including phenoxy) is 1. The number of rotatable bonds is 60. The average Bonchev–Trinajstić information content (AvgIpc) is 3.37. The number of nitrogens with one attached hydrogen (secondary N) is 1. The highest BCUT2D eigenvalue weighted by atomic mass is 16.5. The lowest BCUT2D eigenvalue weighted by Gasteiger charge is -2.22. The molecular weight excluding hydrogens is 875 g/mol. The number of aliphatic hydroxyl groups excluding tert-OH is 2. The Hall–Kier alpha value is -1.66. The van der Waals surface area contributed by atoms with E-state index >= 15 is 0 Å². The minimum Gasteiger partial charge on any atom is -0.466 e. The number of unbranched alkanes of at least 4 members (excludes halogenated alkanes) is 45. The van der Waals surface area contributed by atoms with E-state index < -0.39 is 12.1 Å². The third kappa shape index (κ3) is 57.5. The number of allylic oxidation sites excluding steroid dienone is 4. The lowest BCUT2D eigenvalue weighted by molar-refractivity contribution is -0.143. The highest BCUT2D eigenvalue weighted by Gasteiger charge is 2.20. The standard InChI is InChI=1S/C65H125NO5/c1-3-5-7-9-11-13-15-17-19-21-23-27-31-35-39-43-47-51-55-59-65(70)71-60-56-52-48-44-40-36-32-28-24-26-30-34-38-42-46-50-54-58-64(69)66-62(61-67)63(68)57-53-49-45-41-37-33-29-25-22-20-18-16-14-12-10-8-6-4-2/h24,28,36,40,62-63,67-68H,3-23,25-27,29-35,37-39,41-61H2,1-2H3,(H,66,69)/b28-24-,40-36-. The lowest BCUT2D eigenvalue weighted by atomic mass is 10.0. The van der Waals surface area contributed by atoms with Crippen molar-refractivity contribution in [2.75, 3.05) is 13.2 Å². The van der Waals surface area contributed by atoms with Gasteiger partial charge >= 0.3 is 5.97 Å². The Balaban J connectivity index is 3.46. The van der Waals surface area contributed by atoms with Gasteiger partial charge in [-0.25, -0.2) is 0 Å². The van der Waals surface area contributed by atoms with Gasteiger partial charge in [0.2, 0.25) is 5.91 Å². The summed E-state index contributed by atoms with van der Waals surface area (Å²) in [4.78, 5) is 24.6. The molecule has 2 atom stereocenters. The van der Waals surface area contributed by atoms with Crippen molar-refractivity contribution in [1.82, 2.24) is 5.32 Å². The first-order valence-corrected chi connectivity index (χ1v) is 32.1. The molecule has 0 aliphatic carbocycles. The first-order chi connectivity index (χ1) is 35.0. The Kier molecular flexibility index (Phi) is 59.5. The first kappa shape index (κ1) is 69.3. The molecule has 420 valence electrons. The monoisotopic (exact) mass is 1000 g/mol. The average molecular weight is 1000 g/mol. The second kappa shape index (κ2) is 60.9. The molecule has 0 saturated heterocycles. The Labute approximate surface area is 443 Å². The van der Waals surface area contributed by atoms with Crippen LogP contribution in [-0.2, 0) is 14.3 Å². The number of aliphatic hydroxyl groups is 2. The summed E-state index contributed by atoms with van der Waals surface area (Å²) in [6, 6.07) is -0.554. The highest BCUT2D eigenvalue weighted by molar-refractivity contribution is 5.76. The summed E-state index contributed by atoms with van der Waals surface area (Å²) in [5, 5.41) is 23.3. The molecule has 0 saturated carbocycles. The van der Waals surface area contributed by atoms with E-state index in [0.29, 0.717) is 25.9 Å². The zero-order valence-corrected chi connectivity index (χ0v) is 48.0. The highest BCUT2D eigenvalue weighted by Crippen LogP contribution is 2.18. The molecule has 0 radical (unpaired) electrons. The van der Waals surface area contributed by atoms with E-state index in [1.165, 1.54) is 238 Å². The van der Waals surface area contributed by atoms with Crippen LogP contribution in [0.4, 0.5) is 0 Å². The van der Waals surface area contributed by atoms with E-state index in [2.05, 4.69) is 43.5 Å². The van der Waals surface area contributed by atoms with Gasteiger partial charge in [0.15, 0.2) is 0 Å². The van der Waals surface area contributed by atoms with Crippen molar-refractivity contribution in [1.29, 1.82) is 0 Å². The third-order valence-electron chi connectivity index (χ3n) is 15.0. The van der Waals surface area contributed by atoms with Crippen molar-refractivity contribution >= 4 is 11.9 Å².